The summed E-state index contributed by atoms with van der Waals surface area (Å²) < 4.78 is 0. The zero-order chi connectivity index (χ0) is 16.4. The fourth-order valence-electron chi connectivity index (χ4n) is 3.16. The first-order valence-electron chi connectivity index (χ1n) is 8.81. The Morgan fingerprint density at radius 3 is 2.75 bits per heavy atom. The van der Waals surface area contributed by atoms with Gasteiger partial charge in [0, 0.05) is 23.6 Å². The summed E-state index contributed by atoms with van der Waals surface area (Å²) in [4.78, 5) is 16.6. The number of anilines is 1. The van der Waals surface area contributed by atoms with E-state index < -0.39 is 0 Å². The Labute approximate surface area is 141 Å². The lowest BCUT2D eigenvalue weighted by Gasteiger charge is -2.09. The van der Waals surface area contributed by atoms with Gasteiger partial charge in [-0.1, -0.05) is 0 Å². The Kier molecular flexibility index (Phi) is 4.30. The van der Waals surface area contributed by atoms with E-state index >= 15 is 0 Å². The van der Waals surface area contributed by atoms with Gasteiger partial charge >= 0.3 is 0 Å². The summed E-state index contributed by atoms with van der Waals surface area (Å²) in [5.41, 5.74) is 1.79. The molecule has 4 rings (SSSR count). The van der Waals surface area contributed by atoms with E-state index in [-0.39, 0.29) is 5.91 Å². The molecule has 2 aromatic rings. The number of benzene rings is 1. The van der Waals surface area contributed by atoms with Gasteiger partial charge in [0.15, 0.2) is 5.82 Å². The SMILES string of the molecule is O=C(CCC1CCNC1)Nc1ccc(-c2n[nH]c(C3CC3)n2)cc1. The van der Waals surface area contributed by atoms with Crippen LogP contribution in [0.1, 0.15) is 43.8 Å². The van der Waals surface area contributed by atoms with Crippen molar-refractivity contribution in [3.63, 3.8) is 0 Å². The fourth-order valence-corrected chi connectivity index (χ4v) is 3.16. The van der Waals surface area contributed by atoms with Crippen LogP contribution in [-0.4, -0.2) is 34.2 Å². The molecule has 0 radical (unpaired) electrons. The molecule has 0 spiro atoms. The topological polar surface area (TPSA) is 82.7 Å². The van der Waals surface area contributed by atoms with Crippen LogP contribution in [0.15, 0.2) is 24.3 Å². The molecule has 3 N–H and O–H groups in total. The number of H-pyrrole nitrogens is 1. The van der Waals surface area contributed by atoms with Crippen molar-refractivity contribution in [2.24, 2.45) is 5.92 Å². The summed E-state index contributed by atoms with van der Waals surface area (Å²) in [6.07, 6.45) is 5.13. The van der Waals surface area contributed by atoms with E-state index in [1.165, 1.54) is 19.3 Å². The summed E-state index contributed by atoms with van der Waals surface area (Å²) in [6.45, 7) is 2.12. The number of aromatic nitrogens is 3. The van der Waals surface area contributed by atoms with Crippen molar-refractivity contribution in [2.75, 3.05) is 18.4 Å². The number of rotatable bonds is 6. The van der Waals surface area contributed by atoms with Crippen LogP contribution in [0.3, 0.4) is 0 Å². The van der Waals surface area contributed by atoms with Crippen molar-refractivity contribution < 1.29 is 4.79 Å². The number of amides is 1. The average Bonchev–Trinajstić information content (AvgIpc) is 3.12. The van der Waals surface area contributed by atoms with E-state index in [1.54, 1.807) is 0 Å². The highest BCUT2D eigenvalue weighted by Crippen LogP contribution is 2.38. The second-order valence-corrected chi connectivity index (χ2v) is 6.84. The first-order chi connectivity index (χ1) is 11.8. The van der Waals surface area contributed by atoms with E-state index in [0.29, 0.717) is 18.3 Å². The zero-order valence-electron chi connectivity index (χ0n) is 13.7. The molecule has 6 heteroatoms. The molecule has 1 saturated carbocycles. The molecule has 2 heterocycles. The second kappa shape index (κ2) is 6.73. The third-order valence-corrected chi connectivity index (χ3v) is 4.84. The van der Waals surface area contributed by atoms with E-state index in [0.717, 1.165) is 42.4 Å². The van der Waals surface area contributed by atoms with Crippen LogP contribution >= 0.6 is 0 Å². The minimum absolute atomic E-state index is 0.0866. The van der Waals surface area contributed by atoms with Crippen LogP contribution in [-0.2, 0) is 4.79 Å². The van der Waals surface area contributed by atoms with Gasteiger partial charge in [0.1, 0.15) is 5.82 Å². The molecule has 0 bridgehead atoms. The van der Waals surface area contributed by atoms with Gasteiger partial charge in [0.2, 0.25) is 5.91 Å². The number of nitrogens with one attached hydrogen (secondary N) is 3. The summed E-state index contributed by atoms with van der Waals surface area (Å²) in [6, 6.07) is 7.74. The predicted octanol–water partition coefficient (Wildman–Crippen LogP) is 2.68. The van der Waals surface area contributed by atoms with Gasteiger partial charge < -0.3 is 10.6 Å². The molecule has 24 heavy (non-hydrogen) atoms. The van der Waals surface area contributed by atoms with Gasteiger partial charge in [0.05, 0.1) is 0 Å². The van der Waals surface area contributed by atoms with E-state index in [4.69, 9.17) is 0 Å². The van der Waals surface area contributed by atoms with Gasteiger partial charge in [-0.25, -0.2) is 4.98 Å². The summed E-state index contributed by atoms with van der Waals surface area (Å²) in [7, 11) is 0. The quantitative estimate of drug-likeness (QED) is 0.762. The van der Waals surface area contributed by atoms with Crippen molar-refractivity contribution in [3.8, 4) is 11.4 Å². The highest BCUT2D eigenvalue weighted by Gasteiger charge is 2.27. The third kappa shape index (κ3) is 3.64. The second-order valence-electron chi connectivity index (χ2n) is 6.84. The van der Waals surface area contributed by atoms with Crippen molar-refractivity contribution >= 4 is 11.6 Å². The average molecular weight is 325 g/mol. The summed E-state index contributed by atoms with van der Waals surface area (Å²) in [5, 5.41) is 13.6. The van der Waals surface area contributed by atoms with Gasteiger partial charge in [-0.05, 0) is 69.0 Å². The lowest BCUT2D eigenvalue weighted by molar-refractivity contribution is -0.116. The molecule has 1 aliphatic carbocycles. The van der Waals surface area contributed by atoms with Gasteiger partial charge in [0.25, 0.3) is 0 Å². The molecular formula is C18H23N5O. The largest absolute Gasteiger partial charge is 0.326 e. The van der Waals surface area contributed by atoms with E-state index in [1.807, 2.05) is 24.3 Å². The number of carbonyl (C=O) groups is 1. The molecule has 1 aromatic carbocycles. The molecule has 1 aromatic heterocycles. The maximum Gasteiger partial charge on any atom is 0.224 e. The zero-order valence-corrected chi connectivity index (χ0v) is 13.7. The number of aromatic amines is 1. The van der Waals surface area contributed by atoms with Crippen LogP contribution in [0.4, 0.5) is 5.69 Å². The molecule has 1 unspecified atom stereocenters. The number of carbonyl (C=O) groups excluding carboxylic acids is 1. The van der Waals surface area contributed by atoms with Crippen LogP contribution in [0.5, 0.6) is 0 Å². The molecule has 1 amide bonds. The van der Waals surface area contributed by atoms with Gasteiger partial charge in [-0.3, -0.25) is 9.89 Å². The summed E-state index contributed by atoms with van der Waals surface area (Å²) >= 11 is 0. The van der Waals surface area contributed by atoms with Crippen molar-refractivity contribution in [3.05, 3.63) is 30.1 Å². The van der Waals surface area contributed by atoms with Gasteiger partial charge in [-0.2, -0.15) is 5.10 Å². The summed E-state index contributed by atoms with van der Waals surface area (Å²) in [5.74, 6) is 3.01. The molecular weight excluding hydrogens is 302 g/mol. The normalized spacial score (nSPS) is 20.2. The minimum Gasteiger partial charge on any atom is -0.326 e. The van der Waals surface area contributed by atoms with Crippen LogP contribution in [0, 0.1) is 5.92 Å². The molecule has 2 aliphatic rings. The van der Waals surface area contributed by atoms with Gasteiger partial charge in [-0.15, -0.1) is 0 Å². The van der Waals surface area contributed by atoms with Crippen LogP contribution in [0.2, 0.25) is 0 Å². The van der Waals surface area contributed by atoms with Crippen molar-refractivity contribution in [1.29, 1.82) is 0 Å². The Balaban J connectivity index is 1.31. The predicted molar refractivity (Wildman–Crippen MR) is 92.6 cm³/mol. The Morgan fingerprint density at radius 2 is 2.04 bits per heavy atom. The minimum atomic E-state index is 0.0866. The Bertz CT molecular complexity index is 698. The van der Waals surface area contributed by atoms with Crippen molar-refractivity contribution in [1.82, 2.24) is 20.5 Å². The van der Waals surface area contributed by atoms with Crippen LogP contribution in [0.25, 0.3) is 11.4 Å². The highest BCUT2D eigenvalue weighted by molar-refractivity contribution is 5.90. The fraction of sp³-hybridized carbons (Fsp3) is 0.500. The lowest BCUT2D eigenvalue weighted by atomic mass is 10.0. The first-order valence-corrected chi connectivity index (χ1v) is 8.81. The Hall–Kier alpha value is -2.21. The molecule has 126 valence electrons. The van der Waals surface area contributed by atoms with Crippen LogP contribution < -0.4 is 10.6 Å². The third-order valence-electron chi connectivity index (χ3n) is 4.84. The smallest absolute Gasteiger partial charge is 0.224 e. The molecule has 2 fully saturated rings. The standard InChI is InChI=1S/C18H23N5O/c24-16(8-1-12-9-10-19-11-12)20-15-6-4-14(5-7-15)18-21-17(22-23-18)13-2-3-13/h4-7,12-13,19H,1-3,8-11H2,(H,20,24)(H,21,22,23). The molecule has 1 atom stereocenters. The maximum absolute atomic E-state index is 12.0. The monoisotopic (exact) mass is 325 g/mol. The highest BCUT2D eigenvalue weighted by atomic mass is 16.1. The Morgan fingerprint density at radius 1 is 1.21 bits per heavy atom. The molecule has 6 nitrogen and oxygen atoms in total. The van der Waals surface area contributed by atoms with E-state index in [2.05, 4.69) is 25.8 Å². The number of hydrogen-bond acceptors (Lipinski definition) is 4. The van der Waals surface area contributed by atoms with Crippen molar-refractivity contribution in [2.45, 2.75) is 38.0 Å². The lowest BCUT2D eigenvalue weighted by Crippen LogP contribution is -2.14. The number of nitrogens with zero attached hydrogens (tertiary/aromatic N) is 2. The van der Waals surface area contributed by atoms with E-state index in [9.17, 15) is 4.79 Å². The molecule has 1 saturated heterocycles. The number of hydrogen-bond donors (Lipinski definition) is 3. The molecule has 1 aliphatic heterocycles. The maximum atomic E-state index is 12.0. The first kappa shape index (κ1) is 15.3.